The van der Waals surface area contributed by atoms with Crippen molar-refractivity contribution in [2.24, 2.45) is 0 Å². The molecule has 10 nitrogen and oxygen atoms in total. The Morgan fingerprint density at radius 3 is 2.19 bits per heavy atom. The Labute approximate surface area is 178 Å². The van der Waals surface area contributed by atoms with Gasteiger partial charge in [-0.25, -0.2) is 9.59 Å². The molecule has 0 saturated carbocycles. The topological polar surface area (TPSA) is 132 Å². The van der Waals surface area contributed by atoms with Crippen molar-refractivity contribution in [3.05, 3.63) is 53.6 Å². The van der Waals surface area contributed by atoms with Crippen LogP contribution < -0.4 is 25.4 Å². The zero-order valence-corrected chi connectivity index (χ0v) is 17.3. The summed E-state index contributed by atoms with van der Waals surface area (Å²) in [4.78, 5) is 47.6. The molecule has 10 heteroatoms. The SMILES string of the molecule is COc1cc(NC(C)=O)c(C(=O)OCC(=O)NC(=O)NCc2ccccc2)cc1OC. The molecule has 0 bridgehead atoms. The lowest BCUT2D eigenvalue weighted by molar-refractivity contribution is -0.123. The van der Waals surface area contributed by atoms with Crippen molar-refractivity contribution in [3.8, 4) is 11.5 Å². The molecule has 164 valence electrons. The van der Waals surface area contributed by atoms with Crippen molar-refractivity contribution in [1.29, 1.82) is 0 Å². The summed E-state index contributed by atoms with van der Waals surface area (Å²) in [5.74, 6) is -1.62. The van der Waals surface area contributed by atoms with E-state index in [4.69, 9.17) is 14.2 Å². The van der Waals surface area contributed by atoms with Gasteiger partial charge in [0.1, 0.15) is 0 Å². The number of rotatable bonds is 8. The Morgan fingerprint density at radius 2 is 1.58 bits per heavy atom. The highest BCUT2D eigenvalue weighted by molar-refractivity contribution is 6.03. The minimum Gasteiger partial charge on any atom is -0.493 e. The predicted molar refractivity (Wildman–Crippen MR) is 111 cm³/mol. The summed E-state index contributed by atoms with van der Waals surface area (Å²) in [5, 5.41) is 7.07. The van der Waals surface area contributed by atoms with Crippen molar-refractivity contribution >= 4 is 29.5 Å². The fraction of sp³-hybridized carbons (Fsp3) is 0.238. The number of urea groups is 1. The number of amides is 4. The first-order chi connectivity index (χ1) is 14.8. The lowest BCUT2D eigenvalue weighted by atomic mass is 10.1. The fourth-order valence-corrected chi connectivity index (χ4v) is 2.53. The zero-order chi connectivity index (χ0) is 22.8. The van der Waals surface area contributed by atoms with E-state index in [2.05, 4.69) is 16.0 Å². The third-order valence-electron chi connectivity index (χ3n) is 3.94. The van der Waals surface area contributed by atoms with Gasteiger partial charge in [-0.05, 0) is 5.56 Å². The van der Waals surface area contributed by atoms with Crippen LogP contribution in [0.3, 0.4) is 0 Å². The molecule has 0 aliphatic heterocycles. The monoisotopic (exact) mass is 429 g/mol. The highest BCUT2D eigenvalue weighted by Gasteiger charge is 2.20. The number of carbonyl (C=O) groups is 4. The minimum absolute atomic E-state index is 0.0471. The number of ether oxygens (including phenoxy) is 3. The molecule has 2 aromatic carbocycles. The molecule has 0 spiro atoms. The quantitative estimate of drug-likeness (QED) is 0.546. The van der Waals surface area contributed by atoms with E-state index in [-0.39, 0.29) is 29.3 Å². The molecule has 0 aromatic heterocycles. The highest BCUT2D eigenvalue weighted by atomic mass is 16.5. The van der Waals surface area contributed by atoms with Gasteiger partial charge in [0.2, 0.25) is 5.91 Å². The molecule has 2 aromatic rings. The molecule has 0 atom stereocenters. The van der Waals surface area contributed by atoms with E-state index in [9.17, 15) is 19.2 Å². The van der Waals surface area contributed by atoms with E-state index in [0.717, 1.165) is 5.56 Å². The van der Waals surface area contributed by atoms with Gasteiger partial charge >= 0.3 is 12.0 Å². The summed E-state index contributed by atoms with van der Waals surface area (Å²) in [6, 6.07) is 11.1. The number of nitrogens with one attached hydrogen (secondary N) is 3. The van der Waals surface area contributed by atoms with Gasteiger partial charge in [-0.3, -0.25) is 14.9 Å². The Balaban J connectivity index is 1.96. The Kier molecular flexibility index (Phi) is 8.38. The van der Waals surface area contributed by atoms with Crippen LogP contribution in [-0.2, 0) is 20.9 Å². The number of hydrogen-bond donors (Lipinski definition) is 3. The van der Waals surface area contributed by atoms with E-state index in [1.54, 1.807) is 0 Å². The zero-order valence-electron chi connectivity index (χ0n) is 17.3. The van der Waals surface area contributed by atoms with Crippen LogP contribution in [0.15, 0.2) is 42.5 Å². The van der Waals surface area contributed by atoms with E-state index < -0.39 is 30.4 Å². The normalized spacial score (nSPS) is 9.90. The van der Waals surface area contributed by atoms with E-state index >= 15 is 0 Å². The largest absolute Gasteiger partial charge is 0.493 e. The van der Waals surface area contributed by atoms with E-state index in [0.29, 0.717) is 0 Å². The lowest BCUT2D eigenvalue weighted by Crippen LogP contribution is -2.41. The summed E-state index contributed by atoms with van der Waals surface area (Å²) < 4.78 is 15.3. The predicted octanol–water partition coefficient (Wildman–Crippen LogP) is 1.84. The number of carbonyl (C=O) groups excluding carboxylic acids is 4. The molecule has 0 heterocycles. The second-order valence-electron chi connectivity index (χ2n) is 6.23. The molecule has 0 fully saturated rings. The van der Waals surface area contributed by atoms with Crippen molar-refractivity contribution in [2.75, 3.05) is 26.1 Å². The summed E-state index contributed by atoms with van der Waals surface area (Å²) in [6.45, 7) is 0.796. The molecule has 0 aliphatic rings. The standard InChI is InChI=1S/C21H23N3O7/c1-13(25)23-16-10-18(30-3)17(29-2)9-15(16)20(27)31-12-19(26)24-21(28)22-11-14-7-5-4-6-8-14/h4-10H,11-12H2,1-3H3,(H,23,25)(H2,22,24,26,28). The van der Waals surface area contributed by atoms with Gasteiger partial charge in [0, 0.05) is 25.6 Å². The molecular weight excluding hydrogens is 406 g/mol. The molecule has 3 N–H and O–H groups in total. The third kappa shape index (κ3) is 7.03. The molecule has 0 unspecified atom stereocenters. The average Bonchev–Trinajstić information content (AvgIpc) is 2.76. The summed E-state index contributed by atoms with van der Waals surface area (Å²) in [5.41, 5.74) is 0.931. The molecule has 4 amide bonds. The van der Waals surface area contributed by atoms with Crippen molar-refractivity contribution in [1.82, 2.24) is 10.6 Å². The van der Waals surface area contributed by atoms with Crippen LogP contribution in [0.25, 0.3) is 0 Å². The first-order valence-electron chi connectivity index (χ1n) is 9.16. The number of anilines is 1. The smallest absolute Gasteiger partial charge is 0.340 e. The van der Waals surface area contributed by atoms with Crippen molar-refractivity contribution in [2.45, 2.75) is 13.5 Å². The third-order valence-corrected chi connectivity index (χ3v) is 3.94. The van der Waals surface area contributed by atoms with Gasteiger partial charge in [-0.2, -0.15) is 0 Å². The second-order valence-corrected chi connectivity index (χ2v) is 6.23. The maximum atomic E-state index is 12.5. The van der Waals surface area contributed by atoms with Gasteiger partial charge in [0.15, 0.2) is 18.1 Å². The summed E-state index contributed by atoms with van der Waals surface area (Å²) in [6.07, 6.45) is 0. The Bertz CT molecular complexity index is 961. The van der Waals surface area contributed by atoms with Crippen LogP contribution >= 0.6 is 0 Å². The fourth-order valence-electron chi connectivity index (χ4n) is 2.53. The first-order valence-corrected chi connectivity index (χ1v) is 9.16. The van der Waals surface area contributed by atoms with Crippen LogP contribution in [0, 0.1) is 0 Å². The molecular formula is C21H23N3O7. The number of imide groups is 1. The van der Waals surface area contributed by atoms with Crippen LogP contribution in [0.5, 0.6) is 11.5 Å². The van der Waals surface area contributed by atoms with Crippen LogP contribution in [-0.4, -0.2) is 44.6 Å². The van der Waals surface area contributed by atoms with Crippen molar-refractivity contribution < 1.29 is 33.4 Å². The highest BCUT2D eigenvalue weighted by Crippen LogP contribution is 2.33. The summed E-state index contributed by atoms with van der Waals surface area (Å²) >= 11 is 0. The Hall–Kier alpha value is -4.08. The maximum Gasteiger partial charge on any atom is 0.340 e. The first kappa shape index (κ1) is 23.2. The molecule has 0 aliphatic carbocycles. The number of methoxy groups -OCH3 is 2. The van der Waals surface area contributed by atoms with Crippen molar-refractivity contribution in [3.63, 3.8) is 0 Å². The molecule has 31 heavy (non-hydrogen) atoms. The number of esters is 1. The number of hydrogen-bond acceptors (Lipinski definition) is 7. The van der Waals surface area contributed by atoms with E-state index in [1.165, 1.54) is 33.3 Å². The van der Waals surface area contributed by atoms with E-state index in [1.807, 2.05) is 30.3 Å². The van der Waals surface area contributed by atoms with Crippen LogP contribution in [0.1, 0.15) is 22.8 Å². The van der Waals surface area contributed by atoms with Crippen LogP contribution in [0.2, 0.25) is 0 Å². The van der Waals surface area contributed by atoms with Gasteiger partial charge in [-0.1, -0.05) is 30.3 Å². The van der Waals surface area contributed by atoms with Gasteiger partial charge in [0.05, 0.1) is 25.5 Å². The second kappa shape index (κ2) is 11.2. The summed E-state index contributed by atoms with van der Waals surface area (Å²) in [7, 11) is 2.78. The van der Waals surface area contributed by atoms with Gasteiger partial charge in [0.25, 0.3) is 5.91 Å². The Morgan fingerprint density at radius 1 is 0.935 bits per heavy atom. The molecule has 2 rings (SSSR count). The molecule has 0 saturated heterocycles. The van der Waals surface area contributed by atoms with Gasteiger partial charge in [-0.15, -0.1) is 0 Å². The lowest BCUT2D eigenvalue weighted by Gasteiger charge is -2.14. The average molecular weight is 429 g/mol. The van der Waals surface area contributed by atoms with Gasteiger partial charge < -0.3 is 24.8 Å². The molecule has 0 radical (unpaired) electrons. The minimum atomic E-state index is -0.899. The number of benzene rings is 2. The van der Waals surface area contributed by atoms with Crippen LogP contribution in [0.4, 0.5) is 10.5 Å². The maximum absolute atomic E-state index is 12.5.